The number of rotatable bonds is 4. The van der Waals surface area contributed by atoms with E-state index >= 15 is 0 Å². The van der Waals surface area contributed by atoms with Gasteiger partial charge in [-0.3, -0.25) is 0 Å². The number of para-hydroxylation sites is 1. The molecule has 0 heterocycles. The van der Waals surface area contributed by atoms with Crippen LogP contribution in [0, 0.1) is 6.92 Å². The van der Waals surface area contributed by atoms with Gasteiger partial charge in [0, 0.05) is 10.5 Å². The van der Waals surface area contributed by atoms with Gasteiger partial charge in [0.2, 0.25) is 0 Å². The summed E-state index contributed by atoms with van der Waals surface area (Å²) in [4.78, 5) is 0. The number of ether oxygens (including phenoxy) is 1. The first-order chi connectivity index (χ1) is 9.11. The molecule has 3 heteroatoms. The van der Waals surface area contributed by atoms with E-state index in [1.165, 1.54) is 11.1 Å². The summed E-state index contributed by atoms with van der Waals surface area (Å²) in [5.74, 6) is 0.896. The smallest absolute Gasteiger partial charge is 0.122 e. The van der Waals surface area contributed by atoms with E-state index in [0.717, 1.165) is 22.2 Å². The fourth-order valence-electron chi connectivity index (χ4n) is 2.27. The maximum absolute atomic E-state index is 6.33. The van der Waals surface area contributed by atoms with Crippen LogP contribution in [-0.4, -0.2) is 7.11 Å². The zero-order valence-electron chi connectivity index (χ0n) is 11.2. The molecule has 2 N–H and O–H groups in total. The molecule has 0 radical (unpaired) electrons. The Morgan fingerprint density at radius 2 is 1.95 bits per heavy atom. The maximum Gasteiger partial charge on any atom is 0.122 e. The van der Waals surface area contributed by atoms with Crippen molar-refractivity contribution in [2.75, 3.05) is 7.11 Å². The minimum Gasteiger partial charge on any atom is -0.496 e. The molecule has 2 nitrogen and oxygen atoms in total. The van der Waals surface area contributed by atoms with Crippen LogP contribution >= 0.6 is 15.9 Å². The number of hydrogen-bond donors (Lipinski definition) is 1. The molecule has 2 aromatic rings. The van der Waals surface area contributed by atoms with Crippen LogP contribution in [-0.2, 0) is 6.42 Å². The predicted molar refractivity (Wildman–Crippen MR) is 82.5 cm³/mol. The first-order valence-corrected chi connectivity index (χ1v) is 7.04. The molecule has 19 heavy (non-hydrogen) atoms. The monoisotopic (exact) mass is 319 g/mol. The SMILES string of the molecule is COc1ccccc1CC(N)c1ccc(Br)cc1C. The van der Waals surface area contributed by atoms with Crippen LogP contribution in [0.4, 0.5) is 0 Å². The van der Waals surface area contributed by atoms with E-state index in [-0.39, 0.29) is 6.04 Å². The normalized spacial score (nSPS) is 12.2. The molecule has 1 unspecified atom stereocenters. The molecule has 0 aliphatic carbocycles. The Labute approximate surface area is 122 Å². The fraction of sp³-hybridized carbons (Fsp3) is 0.250. The quantitative estimate of drug-likeness (QED) is 0.924. The lowest BCUT2D eigenvalue weighted by Gasteiger charge is -2.17. The molecule has 0 saturated carbocycles. The van der Waals surface area contributed by atoms with Crippen molar-refractivity contribution < 1.29 is 4.74 Å². The van der Waals surface area contributed by atoms with Crippen LogP contribution in [0.1, 0.15) is 22.7 Å². The van der Waals surface area contributed by atoms with Crippen LogP contribution in [0.15, 0.2) is 46.9 Å². The minimum absolute atomic E-state index is 0.0237. The van der Waals surface area contributed by atoms with Gasteiger partial charge in [0.05, 0.1) is 7.11 Å². The highest BCUT2D eigenvalue weighted by atomic mass is 79.9. The van der Waals surface area contributed by atoms with Gasteiger partial charge in [-0.15, -0.1) is 0 Å². The average molecular weight is 320 g/mol. The Morgan fingerprint density at radius 3 is 2.63 bits per heavy atom. The summed E-state index contributed by atoms with van der Waals surface area (Å²) in [6.45, 7) is 2.09. The van der Waals surface area contributed by atoms with Gasteiger partial charge in [-0.2, -0.15) is 0 Å². The van der Waals surface area contributed by atoms with Crippen LogP contribution in [0.2, 0.25) is 0 Å². The van der Waals surface area contributed by atoms with Crippen molar-refractivity contribution >= 4 is 15.9 Å². The number of hydrogen-bond acceptors (Lipinski definition) is 2. The molecule has 0 aromatic heterocycles. The summed E-state index contributed by atoms with van der Waals surface area (Å²) < 4.78 is 6.45. The number of aryl methyl sites for hydroxylation is 1. The summed E-state index contributed by atoms with van der Waals surface area (Å²) >= 11 is 3.47. The van der Waals surface area contributed by atoms with E-state index in [1.807, 2.05) is 24.3 Å². The highest BCUT2D eigenvalue weighted by Gasteiger charge is 2.12. The van der Waals surface area contributed by atoms with Gasteiger partial charge in [0.1, 0.15) is 5.75 Å². The molecular formula is C16H18BrNO. The second kappa shape index (κ2) is 6.22. The van der Waals surface area contributed by atoms with E-state index in [4.69, 9.17) is 10.5 Å². The maximum atomic E-state index is 6.33. The molecule has 1 atom stereocenters. The van der Waals surface area contributed by atoms with Gasteiger partial charge in [0.25, 0.3) is 0 Å². The number of methoxy groups -OCH3 is 1. The lowest BCUT2D eigenvalue weighted by atomic mass is 9.96. The van der Waals surface area contributed by atoms with Crippen LogP contribution < -0.4 is 10.5 Å². The van der Waals surface area contributed by atoms with Crippen molar-refractivity contribution in [3.63, 3.8) is 0 Å². The van der Waals surface area contributed by atoms with Crippen molar-refractivity contribution in [2.24, 2.45) is 5.73 Å². The lowest BCUT2D eigenvalue weighted by Crippen LogP contribution is -2.15. The van der Waals surface area contributed by atoms with Crippen molar-refractivity contribution in [3.05, 3.63) is 63.6 Å². The standard InChI is InChI=1S/C16H18BrNO/c1-11-9-13(17)7-8-14(11)15(18)10-12-5-3-4-6-16(12)19-2/h3-9,15H,10,18H2,1-2H3. The Kier molecular flexibility index (Phi) is 4.61. The summed E-state index contributed by atoms with van der Waals surface area (Å²) in [5, 5.41) is 0. The largest absolute Gasteiger partial charge is 0.496 e. The molecule has 0 bridgehead atoms. The average Bonchev–Trinajstić information content (AvgIpc) is 2.39. The van der Waals surface area contributed by atoms with E-state index in [0.29, 0.717) is 0 Å². The molecule has 0 spiro atoms. The van der Waals surface area contributed by atoms with Crippen LogP contribution in [0.5, 0.6) is 5.75 Å². The highest BCUT2D eigenvalue weighted by molar-refractivity contribution is 9.10. The first-order valence-electron chi connectivity index (χ1n) is 6.25. The van der Waals surface area contributed by atoms with E-state index in [1.54, 1.807) is 7.11 Å². The number of halogens is 1. The van der Waals surface area contributed by atoms with Crippen LogP contribution in [0.3, 0.4) is 0 Å². The number of nitrogens with two attached hydrogens (primary N) is 1. The van der Waals surface area contributed by atoms with Crippen molar-refractivity contribution in [2.45, 2.75) is 19.4 Å². The third kappa shape index (κ3) is 3.37. The second-order valence-corrected chi connectivity index (χ2v) is 5.54. The topological polar surface area (TPSA) is 35.2 Å². The molecule has 2 rings (SSSR count). The third-order valence-corrected chi connectivity index (χ3v) is 3.76. The number of benzene rings is 2. The van der Waals surface area contributed by atoms with Crippen molar-refractivity contribution in [1.82, 2.24) is 0 Å². The van der Waals surface area contributed by atoms with Crippen molar-refractivity contribution in [3.8, 4) is 5.75 Å². The van der Waals surface area contributed by atoms with Gasteiger partial charge in [-0.1, -0.05) is 40.2 Å². The zero-order chi connectivity index (χ0) is 13.8. The van der Waals surface area contributed by atoms with E-state index < -0.39 is 0 Å². The molecule has 0 fully saturated rings. The van der Waals surface area contributed by atoms with Gasteiger partial charge in [-0.05, 0) is 48.2 Å². The zero-order valence-corrected chi connectivity index (χ0v) is 12.8. The Balaban J connectivity index is 2.23. The summed E-state index contributed by atoms with van der Waals surface area (Å²) in [6, 6.07) is 14.2. The van der Waals surface area contributed by atoms with Gasteiger partial charge < -0.3 is 10.5 Å². The molecular weight excluding hydrogens is 302 g/mol. The highest BCUT2D eigenvalue weighted by Crippen LogP contribution is 2.26. The van der Waals surface area contributed by atoms with Gasteiger partial charge >= 0.3 is 0 Å². The summed E-state index contributed by atoms with van der Waals surface area (Å²) in [6.07, 6.45) is 0.770. The van der Waals surface area contributed by atoms with Gasteiger partial charge in [-0.25, -0.2) is 0 Å². The fourth-order valence-corrected chi connectivity index (χ4v) is 2.75. The minimum atomic E-state index is -0.0237. The third-order valence-electron chi connectivity index (χ3n) is 3.26. The van der Waals surface area contributed by atoms with Crippen LogP contribution in [0.25, 0.3) is 0 Å². The Hall–Kier alpha value is -1.32. The Bertz CT molecular complexity index is 568. The molecule has 0 aliphatic heterocycles. The lowest BCUT2D eigenvalue weighted by molar-refractivity contribution is 0.408. The van der Waals surface area contributed by atoms with Gasteiger partial charge in [0.15, 0.2) is 0 Å². The predicted octanol–water partition coefficient (Wildman–Crippen LogP) is 4.01. The molecule has 0 saturated heterocycles. The second-order valence-electron chi connectivity index (χ2n) is 4.62. The molecule has 0 amide bonds. The Morgan fingerprint density at radius 1 is 1.21 bits per heavy atom. The van der Waals surface area contributed by atoms with E-state index in [2.05, 4.69) is 41.1 Å². The molecule has 2 aromatic carbocycles. The summed E-state index contributed by atoms with van der Waals surface area (Å²) in [5.41, 5.74) is 9.85. The first kappa shape index (κ1) is 14.1. The van der Waals surface area contributed by atoms with Crippen molar-refractivity contribution in [1.29, 1.82) is 0 Å². The van der Waals surface area contributed by atoms with E-state index in [9.17, 15) is 0 Å². The summed E-state index contributed by atoms with van der Waals surface area (Å²) in [7, 11) is 1.69. The molecule has 0 aliphatic rings. The molecule has 100 valence electrons.